The standard InChI is InChI=1S/C14H22N2O2/c1-16(10-6-3-7-11-17)14(18)15-12-13-8-4-2-5-9-13/h2,4-5,8-9,17H,3,6-7,10-12H2,1H3,(H,15,18). The van der Waals surface area contributed by atoms with Crippen LogP contribution in [0.1, 0.15) is 24.8 Å². The Balaban J connectivity index is 2.19. The molecule has 100 valence electrons. The van der Waals surface area contributed by atoms with Gasteiger partial charge in [0.1, 0.15) is 0 Å². The molecule has 4 nitrogen and oxygen atoms in total. The fraction of sp³-hybridized carbons (Fsp3) is 0.500. The van der Waals surface area contributed by atoms with Crippen LogP contribution in [-0.4, -0.2) is 36.2 Å². The quantitative estimate of drug-likeness (QED) is 0.727. The van der Waals surface area contributed by atoms with E-state index in [1.165, 1.54) is 0 Å². The second kappa shape index (κ2) is 8.53. The summed E-state index contributed by atoms with van der Waals surface area (Å²) in [7, 11) is 1.79. The van der Waals surface area contributed by atoms with Crippen molar-refractivity contribution in [3.63, 3.8) is 0 Å². The van der Waals surface area contributed by atoms with E-state index in [4.69, 9.17) is 5.11 Å². The molecule has 0 unspecified atom stereocenters. The molecule has 18 heavy (non-hydrogen) atoms. The van der Waals surface area contributed by atoms with Crippen LogP contribution in [0, 0.1) is 0 Å². The lowest BCUT2D eigenvalue weighted by Crippen LogP contribution is -2.37. The summed E-state index contributed by atoms with van der Waals surface area (Å²) < 4.78 is 0. The molecule has 1 aromatic carbocycles. The molecule has 0 saturated carbocycles. The topological polar surface area (TPSA) is 52.6 Å². The molecule has 0 spiro atoms. The van der Waals surface area contributed by atoms with E-state index in [-0.39, 0.29) is 12.6 Å². The molecule has 4 heteroatoms. The number of hydrogen-bond donors (Lipinski definition) is 2. The molecule has 0 aliphatic heterocycles. The van der Waals surface area contributed by atoms with Crippen LogP contribution in [0.15, 0.2) is 30.3 Å². The molecule has 0 saturated heterocycles. The number of aliphatic hydroxyl groups excluding tert-OH is 1. The second-order valence-corrected chi connectivity index (χ2v) is 4.35. The minimum atomic E-state index is -0.0529. The van der Waals surface area contributed by atoms with Crippen molar-refractivity contribution >= 4 is 6.03 Å². The lowest BCUT2D eigenvalue weighted by molar-refractivity contribution is 0.206. The predicted octanol–water partition coefficient (Wildman–Crippen LogP) is 1.99. The zero-order valence-corrected chi connectivity index (χ0v) is 10.9. The van der Waals surface area contributed by atoms with Crippen LogP contribution >= 0.6 is 0 Å². The van der Waals surface area contributed by atoms with E-state index in [0.717, 1.165) is 31.4 Å². The average Bonchev–Trinajstić information content (AvgIpc) is 2.42. The lowest BCUT2D eigenvalue weighted by Gasteiger charge is -2.17. The monoisotopic (exact) mass is 250 g/mol. The molecule has 2 amide bonds. The summed E-state index contributed by atoms with van der Waals surface area (Å²) in [6.07, 6.45) is 2.68. The maximum Gasteiger partial charge on any atom is 0.317 e. The SMILES string of the molecule is CN(CCCCCO)C(=O)NCc1ccccc1. The van der Waals surface area contributed by atoms with Crippen molar-refractivity contribution < 1.29 is 9.90 Å². The summed E-state index contributed by atoms with van der Waals surface area (Å²) >= 11 is 0. The third-order valence-corrected chi connectivity index (χ3v) is 2.78. The Morgan fingerprint density at radius 1 is 1.22 bits per heavy atom. The Bertz CT molecular complexity index is 341. The van der Waals surface area contributed by atoms with E-state index >= 15 is 0 Å². The Hall–Kier alpha value is -1.55. The Morgan fingerprint density at radius 3 is 2.61 bits per heavy atom. The number of urea groups is 1. The van der Waals surface area contributed by atoms with Gasteiger partial charge in [-0.25, -0.2) is 4.79 Å². The molecule has 0 fully saturated rings. The van der Waals surface area contributed by atoms with Gasteiger partial charge in [-0.2, -0.15) is 0 Å². The number of nitrogens with one attached hydrogen (secondary N) is 1. The summed E-state index contributed by atoms with van der Waals surface area (Å²) in [6.45, 7) is 1.51. The van der Waals surface area contributed by atoms with Gasteiger partial charge in [0.25, 0.3) is 0 Å². The summed E-state index contributed by atoms with van der Waals surface area (Å²) in [5, 5.41) is 11.5. The van der Waals surface area contributed by atoms with Gasteiger partial charge in [-0.05, 0) is 24.8 Å². The van der Waals surface area contributed by atoms with Crippen molar-refractivity contribution in [3.05, 3.63) is 35.9 Å². The van der Waals surface area contributed by atoms with E-state index in [9.17, 15) is 4.79 Å². The van der Waals surface area contributed by atoms with Crippen LogP contribution in [0.3, 0.4) is 0 Å². The van der Waals surface area contributed by atoms with Gasteiger partial charge in [0.2, 0.25) is 0 Å². The van der Waals surface area contributed by atoms with E-state index in [1.807, 2.05) is 30.3 Å². The van der Waals surface area contributed by atoms with Crippen molar-refractivity contribution in [2.24, 2.45) is 0 Å². The summed E-state index contributed by atoms with van der Waals surface area (Å²) in [6, 6.07) is 9.80. The smallest absolute Gasteiger partial charge is 0.317 e. The van der Waals surface area contributed by atoms with Crippen LogP contribution in [0.5, 0.6) is 0 Å². The number of rotatable bonds is 7. The Labute approximate surface area is 109 Å². The number of carbonyl (C=O) groups excluding carboxylic acids is 1. The minimum Gasteiger partial charge on any atom is -0.396 e. The first-order chi connectivity index (χ1) is 8.74. The number of nitrogens with zero attached hydrogens (tertiary/aromatic N) is 1. The van der Waals surface area contributed by atoms with Gasteiger partial charge < -0.3 is 15.3 Å². The highest BCUT2D eigenvalue weighted by Crippen LogP contribution is 1.99. The van der Waals surface area contributed by atoms with Gasteiger partial charge in [-0.15, -0.1) is 0 Å². The molecule has 0 radical (unpaired) electrons. The number of unbranched alkanes of at least 4 members (excludes halogenated alkanes) is 2. The fourth-order valence-electron chi connectivity index (χ4n) is 1.65. The molecule has 0 aliphatic rings. The second-order valence-electron chi connectivity index (χ2n) is 4.35. The number of carbonyl (C=O) groups is 1. The van der Waals surface area contributed by atoms with E-state index in [0.29, 0.717) is 6.54 Å². The first-order valence-corrected chi connectivity index (χ1v) is 6.38. The maximum atomic E-state index is 11.7. The van der Waals surface area contributed by atoms with Crippen LogP contribution in [-0.2, 0) is 6.54 Å². The molecule has 0 bridgehead atoms. The van der Waals surface area contributed by atoms with Gasteiger partial charge in [0.05, 0.1) is 0 Å². The van der Waals surface area contributed by atoms with Gasteiger partial charge in [0, 0.05) is 26.7 Å². The first kappa shape index (κ1) is 14.5. The number of amides is 2. The molecule has 1 rings (SSSR count). The zero-order valence-electron chi connectivity index (χ0n) is 10.9. The van der Waals surface area contributed by atoms with Crippen LogP contribution in [0.4, 0.5) is 4.79 Å². The fourth-order valence-corrected chi connectivity index (χ4v) is 1.65. The summed E-state index contributed by atoms with van der Waals surface area (Å²) in [5.74, 6) is 0. The van der Waals surface area contributed by atoms with Gasteiger partial charge >= 0.3 is 6.03 Å². The number of benzene rings is 1. The predicted molar refractivity (Wildman–Crippen MR) is 72.2 cm³/mol. The summed E-state index contributed by atoms with van der Waals surface area (Å²) in [5.41, 5.74) is 1.10. The van der Waals surface area contributed by atoms with Crippen LogP contribution in [0.25, 0.3) is 0 Å². The highest BCUT2D eigenvalue weighted by Gasteiger charge is 2.06. The number of hydrogen-bond acceptors (Lipinski definition) is 2. The van der Waals surface area contributed by atoms with E-state index in [2.05, 4.69) is 5.32 Å². The zero-order chi connectivity index (χ0) is 13.2. The van der Waals surface area contributed by atoms with E-state index < -0.39 is 0 Å². The first-order valence-electron chi connectivity index (χ1n) is 6.38. The highest BCUT2D eigenvalue weighted by atomic mass is 16.2. The van der Waals surface area contributed by atoms with Crippen molar-refractivity contribution in [2.75, 3.05) is 20.2 Å². The van der Waals surface area contributed by atoms with Gasteiger partial charge in [-0.3, -0.25) is 0 Å². The molecule has 2 N–H and O–H groups in total. The third-order valence-electron chi connectivity index (χ3n) is 2.78. The molecular weight excluding hydrogens is 228 g/mol. The molecule has 0 atom stereocenters. The number of aliphatic hydroxyl groups is 1. The van der Waals surface area contributed by atoms with Crippen molar-refractivity contribution in [1.82, 2.24) is 10.2 Å². The molecule has 0 aromatic heterocycles. The average molecular weight is 250 g/mol. The third kappa shape index (κ3) is 5.68. The minimum absolute atomic E-state index is 0.0529. The molecule has 0 aliphatic carbocycles. The molecule has 1 aromatic rings. The van der Waals surface area contributed by atoms with Crippen molar-refractivity contribution in [1.29, 1.82) is 0 Å². The van der Waals surface area contributed by atoms with Gasteiger partial charge in [-0.1, -0.05) is 30.3 Å². The van der Waals surface area contributed by atoms with Crippen LogP contribution < -0.4 is 5.32 Å². The normalized spacial score (nSPS) is 10.1. The summed E-state index contributed by atoms with van der Waals surface area (Å²) in [4.78, 5) is 13.4. The van der Waals surface area contributed by atoms with Crippen molar-refractivity contribution in [2.45, 2.75) is 25.8 Å². The molecular formula is C14H22N2O2. The maximum absolute atomic E-state index is 11.7. The van der Waals surface area contributed by atoms with E-state index in [1.54, 1.807) is 11.9 Å². The van der Waals surface area contributed by atoms with Crippen LogP contribution in [0.2, 0.25) is 0 Å². The van der Waals surface area contributed by atoms with Crippen molar-refractivity contribution in [3.8, 4) is 0 Å². The lowest BCUT2D eigenvalue weighted by atomic mass is 10.2. The van der Waals surface area contributed by atoms with Gasteiger partial charge in [0.15, 0.2) is 0 Å². The highest BCUT2D eigenvalue weighted by molar-refractivity contribution is 5.73. The largest absolute Gasteiger partial charge is 0.396 e. The Morgan fingerprint density at radius 2 is 1.94 bits per heavy atom. The molecule has 0 heterocycles. The Kier molecular flexibility index (Phi) is 6.87.